The van der Waals surface area contributed by atoms with Crippen LogP contribution >= 0.6 is 0 Å². The highest BCUT2D eigenvalue weighted by Crippen LogP contribution is 2.37. The van der Waals surface area contributed by atoms with Gasteiger partial charge in [-0.15, -0.1) is 6.42 Å². The highest BCUT2D eigenvalue weighted by Gasteiger charge is 2.13. The van der Waals surface area contributed by atoms with Crippen LogP contribution in [0.2, 0.25) is 0 Å². The lowest BCUT2D eigenvalue weighted by atomic mass is 9.96. The molecule has 0 spiro atoms. The highest BCUT2D eigenvalue weighted by atomic mass is 14.9. The van der Waals surface area contributed by atoms with Crippen molar-refractivity contribution in [2.24, 2.45) is 5.73 Å². The molecule has 4 N–H and O–H groups in total. The molecule has 3 heteroatoms. The molecule has 5 aromatic rings. The lowest BCUT2D eigenvalue weighted by molar-refractivity contribution is 1.25. The summed E-state index contributed by atoms with van der Waals surface area (Å²) < 4.78 is 0. The molecule has 0 saturated heterocycles. The minimum atomic E-state index is 0.418. The van der Waals surface area contributed by atoms with E-state index in [0.29, 0.717) is 6.54 Å². The minimum absolute atomic E-state index is 0.418. The third-order valence-electron chi connectivity index (χ3n) is 6.40. The number of benzene rings is 4. The third kappa shape index (κ3) is 4.97. The average Bonchev–Trinajstić information content (AvgIpc) is 3.29. The van der Waals surface area contributed by atoms with Gasteiger partial charge in [0.2, 0.25) is 0 Å². The Balaban J connectivity index is 1.62. The second kappa shape index (κ2) is 10.9. The van der Waals surface area contributed by atoms with E-state index in [1.807, 2.05) is 31.2 Å². The van der Waals surface area contributed by atoms with Gasteiger partial charge in [0.1, 0.15) is 0 Å². The van der Waals surface area contributed by atoms with E-state index in [4.69, 9.17) is 12.2 Å². The number of hydrogen-bond acceptors (Lipinski definition) is 2. The van der Waals surface area contributed by atoms with Gasteiger partial charge in [0.05, 0.1) is 0 Å². The number of allylic oxidation sites excluding steroid dienone is 5. The van der Waals surface area contributed by atoms with Crippen LogP contribution in [0.3, 0.4) is 0 Å². The van der Waals surface area contributed by atoms with Gasteiger partial charge >= 0.3 is 0 Å². The van der Waals surface area contributed by atoms with E-state index in [-0.39, 0.29) is 0 Å². The monoisotopic (exact) mass is 479 g/mol. The van der Waals surface area contributed by atoms with Gasteiger partial charge in [-0.2, -0.15) is 0 Å². The van der Waals surface area contributed by atoms with E-state index >= 15 is 0 Å². The number of aromatic amines is 1. The fraction of sp³-hybridized carbons (Fsp3) is 0.0588. The van der Waals surface area contributed by atoms with Gasteiger partial charge < -0.3 is 16.0 Å². The number of terminal acetylenes is 1. The molecule has 180 valence electrons. The molecule has 4 aromatic carbocycles. The normalized spacial score (nSPS) is 12.4. The Morgan fingerprint density at radius 1 is 0.919 bits per heavy atom. The maximum Gasteiger partial charge on any atom is 0.0486 e. The number of aromatic nitrogens is 1. The van der Waals surface area contributed by atoms with Crippen molar-refractivity contribution in [3.05, 3.63) is 126 Å². The Kier molecular flexibility index (Phi) is 7.03. The summed E-state index contributed by atoms with van der Waals surface area (Å²) in [5.41, 5.74) is 15.5. The summed E-state index contributed by atoms with van der Waals surface area (Å²) in [4.78, 5) is 3.58. The van der Waals surface area contributed by atoms with Crippen molar-refractivity contribution in [2.45, 2.75) is 6.92 Å². The molecular weight excluding hydrogens is 450 g/mol. The molecule has 0 saturated carbocycles. The molecule has 0 aliphatic carbocycles. The number of H-pyrrole nitrogens is 1. The van der Waals surface area contributed by atoms with Crippen LogP contribution in [-0.4, -0.2) is 11.5 Å². The van der Waals surface area contributed by atoms with Gasteiger partial charge in [-0.1, -0.05) is 84.8 Å². The second-order valence-corrected chi connectivity index (χ2v) is 8.81. The van der Waals surface area contributed by atoms with Crippen LogP contribution in [0.4, 0.5) is 11.4 Å². The van der Waals surface area contributed by atoms with Gasteiger partial charge in [-0.05, 0) is 65.6 Å². The maximum absolute atomic E-state index is 5.93. The number of nitrogens with one attached hydrogen (secondary N) is 2. The fourth-order valence-electron chi connectivity index (χ4n) is 4.78. The molecule has 5 rings (SSSR count). The van der Waals surface area contributed by atoms with Gasteiger partial charge in [0.25, 0.3) is 0 Å². The number of rotatable bonds is 7. The lowest BCUT2D eigenvalue weighted by Crippen LogP contribution is -1.99. The number of nitrogens with two attached hydrogens (primary N) is 1. The topological polar surface area (TPSA) is 53.8 Å². The first-order chi connectivity index (χ1) is 18.2. The quantitative estimate of drug-likeness (QED) is 0.163. The predicted molar refractivity (Wildman–Crippen MR) is 160 cm³/mol. The summed E-state index contributed by atoms with van der Waals surface area (Å²) in [5.74, 6) is 2.66. The van der Waals surface area contributed by atoms with Crippen molar-refractivity contribution in [3.8, 4) is 23.5 Å². The summed E-state index contributed by atoms with van der Waals surface area (Å²) in [6.07, 6.45) is 13.4. The van der Waals surface area contributed by atoms with Crippen molar-refractivity contribution in [3.63, 3.8) is 0 Å². The first-order valence-corrected chi connectivity index (χ1v) is 12.4. The largest absolute Gasteiger partial charge is 0.355 e. The standard InChI is InChI=1S/C34H29N3/c1-3-11-24(12-4-2)28(19-20-35)26-15-10-16-27(21-26)36-33-23-34-31(29-17-8-9-18-32(29)37-34)22-30(33)25-13-6-5-7-14-25/h1,4-19,21-23,36-37H,20,35H2,2H3/b12-4-,24-11+,28-19+. The molecule has 0 radical (unpaired) electrons. The zero-order chi connectivity index (χ0) is 25.6. The van der Waals surface area contributed by atoms with Crippen molar-refractivity contribution in [2.75, 3.05) is 11.9 Å². The summed E-state index contributed by atoms with van der Waals surface area (Å²) in [7, 11) is 0. The lowest BCUT2D eigenvalue weighted by Gasteiger charge is -2.15. The Bertz CT molecular complexity index is 1690. The van der Waals surface area contributed by atoms with Crippen molar-refractivity contribution in [1.82, 2.24) is 4.98 Å². The number of para-hydroxylation sites is 1. The van der Waals surface area contributed by atoms with E-state index in [2.05, 4.69) is 101 Å². The predicted octanol–water partition coefficient (Wildman–Crippen LogP) is 8.21. The summed E-state index contributed by atoms with van der Waals surface area (Å²) in [6, 6.07) is 31.7. The molecule has 1 aromatic heterocycles. The Morgan fingerprint density at radius 3 is 2.51 bits per heavy atom. The minimum Gasteiger partial charge on any atom is -0.355 e. The third-order valence-corrected chi connectivity index (χ3v) is 6.40. The fourth-order valence-corrected chi connectivity index (χ4v) is 4.78. The second-order valence-electron chi connectivity index (χ2n) is 8.81. The SMILES string of the molecule is C#C/C=C(\C=C/C)C(=C\CN)/c1cccc(Nc2cc3[nH]c4ccccc4c3cc2-c2ccccc2)c1. The molecule has 0 unspecified atom stereocenters. The van der Waals surface area contributed by atoms with Crippen molar-refractivity contribution >= 4 is 38.8 Å². The van der Waals surface area contributed by atoms with E-state index in [9.17, 15) is 0 Å². The van der Waals surface area contributed by atoms with Crippen LogP contribution in [0, 0.1) is 12.3 Å². The molecule has 0 atom stereocenters. The zero-order valence-corrected chi connectivity index (χ0v) is 20.8. The maximum atomic E-state index is 5.93. The van der Waals surface area contributed by atoms with E-state index in [0.717, 1.165) is 50.2 Å². The smallest absolute Gasteiger partial charge is 0.0486 e. The molecule has 0 fully saturated rings. The van der Waals surface area contributed by atoms with Gasteiger partial charge in [0.15, 0.2) is 0 Å². The van der Waals surface area contributed by atoms with Crippen molar-refractivity contribution in [1.29, 1.82) is 0 Å². The number of hydrogen-bond donors (Lipinski definition) is 3. The molecule has 1 heterocycles. The van der Waals surface area contributed by atoms with Crippen LogP contribution in [0.1, 0.15) is 12.5 Å². The highest BCUT2D eigenvalue weighted by molar-refractivity contribution is 6.10. The average molecular weight is 480 g/mol. The van der Waals surface area contributed by atoms with Crippen molar-refractivity contribution < 1.29 is 0 Å². The van der Waals surface area contributed by atoms with E-state index in [1.54, 1.807) is 6.08 Å². The number of anilines is 2. The first-order valence-electron chi connectivity index (χ1n) is 12.4. The van der Waals surface area contributed by atoms with Gasteiger partial charge in [-0.3, -0.25) is 0 Å². The van der Waals surface area contributed by atoms with Crippen LogP contribution in [0.25, 0.3) is 38.5 Å². The Hall–Kier alpha value is -4.78. The Labute approximate surface area is 218 Å². The van der Waals surface area contributed by atoms with E-state index in [1.165, 1.54) is 10.8 Å². The van der Waals surface area contributed by atoms with Crippen LogP contribution in [-0.2, 0) is 0 Å². The molecule has 3 nitrogen and oxygen atoms in total. The Morgan fingerprint density at radius 2 is 1.73 bits per heavy atom. The summed E-state index contributed by atoms with van der Waals surface area (Å²) >= 11 is 0. The van der Waals surface area contributed by atoms with Gasteiger partial charge in [-0.25, -0.2) is 0 Å². The summed E-state index contributed by atoms with van der Waals surface area (Å²) in [6.45, 7) is 2.40. The van der Waals surface area contributed by atoms with E-state index < -0.39 is 0 Å². The molecule has 0 aliphatic rings. The molecule has 37 heavy (non-hydrogen) atoms. The number of fused-ring (bicyclic) bond motifs is 3. The molecule has 0 bridgehead atoms. The van der Waals surface area contributed by atoms with Crippen LogP contribution in [0.5, 0.6) is 0 Å². The van der Waals surface area contributed by atoms with Gasteiger partial charge in [0, 0.05) is 45.3 Å². The summed E-state index contributed by atoms with van der Waals surface area (Å²) in [5, 5.41) is 6.12. The molecule has 0 amide bonds. The molecular formula is C34H29N3. The first kappa shape index (κ1) is 23.9. The van der Waals surface area contributed by atoms with Crippen LogP contribution < -0.4 is 11.1 Å². The van der Waals surface area contributed by atoms with Crippen LogP contribution in [0.15, 0.2) is 121 Å². The molecule has 0 aliphatic heterocycles. The zero-order valence-electron chi connectivity index (χ0n) is 20.8.